The minimum absolute atomic E-state index is 0.100. The Morgan fingerprint density at radius 2 is 1.77 bits per heavy atom. The molecule has 138 valence electrons. The van der Waals surface area contributed by atoms with Crippen molar-refractivity contribution in [1.82, 2.24) is 15.2 Å². The van der Waals surface area contributed by atoms with Crippen LogP contribution in [0.1, 0.15) is 22.6 Å². The van der Waals surface area contributed by atoms with Gasteiger partial charge in [0, 0.05) is 32.7 Å². The summed E-state index contributed by atoms with van der Waals surface area (Å²) in [5, 5.41) is 3.94. The van der Waals surface area contributed by atoms with Gasteiger partial charge >= 0.3 is 0 Å². The van der Waals surface area contributed by atoms with Crippen LogP contribution in [0.15, 0.2) is 45.9 Å². The Bertz CT molecular complexity index is 743. The van der Waals surface area contributed by atoms with E-state index in [1.807, 2.05) is 19.1 Å². The summed E-state index contributed by atoms with van der Waals surface area (Å²) >= 11 is 0. The highest BCUT2D eigenvalue weighted by molar-refractivity contribution is 5.81. The first-order valence-corrected chi connectivity index (χ1v) is 8.97. The van der Waals surface area contributed by atoms with Crippen molar-refractivity contribution in [2.45, 2.75) is 20.4 Å². The van der Waals surface area contributed by atoms with Crippen LogP contribution in [0.4, 0.5) is 0 Å². The number of benzene rings is 1. The molecule has 0 aliphatic carbocycles. The van der Waals surface area contributed by atoms with Crippen molar-refractivity contribution < 1.29 is 9.21 Å². The molecule has 1 fully saturated rings. The zero-order valence-corrected chi connectivity index (χ0v) is 15.4. The molecule has 26 heavy (non-hydrogen) atoms. The number of nitrogens with one attached hydrogen (secondary N) is 1. The maximum Gasteiger partial charge on any atom is 0.254 e. The van der Waals surface area contributed by atoms with Crippen LogP contribution in [0.25, 0.3) is 0 Å². The molecular formula is C20H26N4O2. The smallest absolute Gasteiger partial charge is 0.254 e. The Kier molecular flexibility index (Phi) is 6.20. The lowest BCUT2D eigenvalue weighted by Crippen LogP contribution is -2.48. The average Bonchev–Trinajstić information content (AvgIpc) is 3.04. The Labute approximate surface area is 154 Å². The van der Waals surface area contributed by atoms with Gasteiger partial charge in [-0.1, -0.05) is 29.8 Å². The number of hydrazone groups is 1. The van der Waals surface area contributed by atoms with Crippen LogP contribution in [-0.4, -0.2) is 54.6 Å². The number of hydrogen-bond acceptors (Lipinski definition) is 5. The molecule has 0 atom stereocenters. The van der Waals surface area contributed by atoms with Crippen molar-refractivity contribution in [3.63, 3.8) is 0 Å². The minimum atomic E-state index is -0.100. The predicted molar refractivity (Wildman–Crippen MR) is 102 cm³/mol. The van der Waals surface area contributed by atoms with Crippen LogP contribution in [0.5, 0.6) is 0 Å². The average molecular weight is 354 g/mol. The van der Waals surface area contributed by atoms with Gasteiger partial charge in [-0.15, -0.1) is 0 Å². The van der Waals surface area contributed by atoms with Crippen molar-refractivity contribution in [2.75, 3.05) is 32.7 Å². The van der Waals surface area contributed by atoms with E-state index in [0.717, 1.165) is 38.5 Å². The molecule has 0 bridgehead atoms. The summed E-state index contributed by atoms with van der Waals surface area (Å²) in [7, 11) is 0. The van der Waals surface area contributed by atoms with Crippen molar-refractivity contribution in [1.29, 1.82) is 0 Å². The SMILES string of the molecule is Cc1ccc(CN2CCN(CC(=O)NN=Cc3ccc(C)o3)CC2)cc1. The van der Waals surface area contributed by atoms with E-state index in [0.29, 0.717) is 12.3 Å². The number of rotatable bonds is 6. The lowest BCUT2D eigenvalue weighted by atomic mass is 10.1. The fourth-order valence-corrected chi connectivity index (χ4v) is 2.99. The maximum atomic E-state index is 12.0. The van der Waals surface area contributed by atoms with E-state index in [1.54, 1.807) is 0 Å². The van der Waals surface area contributed by atoms with Gasteiger partial charge < -0.3 is 4.42 Å². The molecule has 1 saturated heterocycles. The summed E-state index contributed by atoms with van der Waals surface area (Å²) in [6, 6.07) is 12.4. The van der Waals surface area contributed by atoms with Crippen LogP contribution >= 0.6 is 0 Å². The summed E-state index contributed by atoms with van der Waals surface area (Å²) < 4.78 is 5.37. The first kappa shape index (κ1) is 18.4. The number of nitrogens with zero attached hydrogens (tertiary/aromatic N) is 3. The number of hydrogen-bond donors (Lipinski definition) is 1. The zero-order valence-electron chi connectivity index (χ0n) is 15.4. The fourth-order valence-electron chi connectivity index (χ4n) is 2.99. The highest BCUT2D eigenvalue weighted by atomic mass is 16.3. The molecule has 0 unspecified atom stereocenters. The third kappa shape index (κ3) is 5.54. The zero-order chi connectivity index (χ0) is 18.4. The molecule has 6 nitrogen and oxygen atoms in total. The molecule has 1 aromatic heterocycles. The van der Waals surface area contributed by atoms with E-state index < -0.39 is 0 Å². The van der Waals surface area contributed by atoms with Gasteiger partial charge in [0.15, 0.2) is 0 Å². The summed E-state index contributed by atoms with van der Waals surface area (Å²) in [6.07, 6.45) is 1.52. The van der Waals surface area contributed by atoms with E-state index in [1.165, 1.54) is 17.3 Å². The third-order valence-corrected chi connectivity index (χ3v) is 4.50. The fraction of sp³-hybridized carbons (Fsp3) is 0.400. The molecule has 1 aliphatic rings. The van der Waals surface area contributed by atoms with Gasteiger partial charge in [0.05, 0.1) is 12.8 Å². The standard InChI is InChI=1S/C20H26N4O2/c1-16-3-6-18(7-4-16)14-23-9-11-24(12-10-23)15-20(25)22-21-13-19-8-5-17(2)26-19/h3-8,13H,9-12,14-15H2,1-2H3,(H,22,25). The van der Waals surface area contributed by atoms with E-state index in [9.17, 15) is 4.79 Å². The van der Waals surface area contributed by atoms with Crippen LogP contribution in [0, 0.1) is 13.8 Å². The Balaban J connectivity index is 1.37. The van der Waals surface area contributed by atoms with Crippen molar-refractivity contribution in [3.05, 3.63) is 59.0 Å². The summed E-state index contributed by atoms with van der Waals surface area (Å²) in [4.78, 5) is 16.6. The van der Waals surface area contributed by atoms with Crippen molar-refractivity contribution >= 4 is 12.1 Å². The number of carbonyl (C=O) groups excluding carboxylic acids is 1. The monoisotopic (exact) mass is 354 g/mol. The van der Waals surface area contributed by atoms with Crippen LogP contribution in [-0.2, 0) is 11.3 Å². The predicted octanol–water partition coefficient (Wildman–Crippen LogP) is 2.16. The van der Waals surface area contributed by atoms with E-state index in [2.05, 4.69) is 51.5 Å². The van der Waals surface area contributed by atoms with Gasteiger partial charge in [-0.25, -0.2) is 5.43 Å². The number of amides is 1. The lowest BCUT2D eigenvalue weighted by Gasteiger charge is -2.34. The quantitative estimate of drug-likeness (QED) is 0.638. The van der Waals surface area contributed by atoms with E-state index in [-0.39, 0.29) is 5.91 Å². The van der Waals surface area contributed by atoms with Gasteiger partial charge in [-0.2, -0.15) is 5.10 Å². The van der Waals surface area contributed by atoms with Crippen LogP contribution < -0.4 is 5.43 Å². The second-order valence-electron chi connectivity index (χ2n) is 6.78. The van der Waals surface area contributed by atoms with Gasteiger partial charge in [0.25, 0.3) is 5.91 Å². The molecule has 2 aromatic rings. The van der Waals surface area contributed by atoms with Crippen LogP contribution in [0.2, 0.25) is 0 Å². The van der Waals surface area contributed by atoms with Gasteiger partial charge in [-0.05, 0) is 31.5 Å². The molecule has 0 saturated carbocycles. The van der Waals surface area contributed by atoms with Crippen molar-refractivity contribution in [2.24, 2.45) is 5.10 Å². The molecule has 6 heteroatoms. The molecule has 1 amide bonds. The summed E-state index contributed by atoms with van der Waals surface area (Å²) in [6.45, 7) is 9.02. The van der Waals surface area contributed by atoms with Crippen LogP contribution in [0.3, 0.4) is 0 Å². The molecule has 0 spiro atoms. The number of aryl methyl sites for hydroxylation is 2. The topological polar surface area (TPSA) is 61.1 Å². The van der Waals surface area contributed by atoms with Gasteiger partial charge in [-0.3, -0.25) is 14.6 Å². The first-order valence-electron chi connectivity index (χ1n) is 8.97. The third-order valence-electron chi connectivity index (χ3n) is 4.50. The normalized spacial score (nSPS) is 16.2. The van der Waals surface area contributed by atoms with Gasteiger partial charge in [0.2, 0.25) is 0 Å². The number of carbonyl (C=O) groups is 1. The molecule has 2 heterocycles. The second-order valence-corrected chi connectivity index (χ2v) is 6.78. The Morgan fingerprint density at radius 3 is 2.42 bits per heavy atom. The summed E-state index contributed by atoms with van der Waals surface area (Å²) in [5.74, 6) is 1.35. The van der Waals surface area contributed by atoms with E-state index in [4.69, 9.17) is 4.42 Å². The second kappa shape index (κ2) is 8.78. The molecule has 1 aromatic carbocycles. The number of piperazine rings is 1. The summed E-state index contributed by atoms with van der Waals surface area (Å²) in [5.41, 5.74) is 5.18. The lowest BCUT2D eigenvalue weighted by molar-refractivity contribution is -0.122. The first-order chi connectivity index (χ1) is 12.6. The van der Waals surface area contributed by atoms with Crippen molar-refractivity contribution in [3.8, 4) is 0 Å². The largest absolute Gasteiger partial charge is 0.460 e. The van der Waals surface area contributed by atoms with E-state index >= 15 is 0 Å². The highest BCUT2D eigenvalue weighted by Gasteiger charge is 2.18. The number of furan rings is 1. The minimum Gasteiger partial charge on any atom is -0.460 e. The highest BCUT2D eigenvalue weighted by Crippen LogP contribution is 2.09. The molecule has 1 N–H and O–H groups in total. The molecule has 3 rings (SSSR count). The molecule has 0 radical (unpaired) electrons. The molecule has 1 aliphatic heterocycles. The Morgan fingerprint density at radius 1 is 1.08 bits per heavy atom. The van der Waals surface area contributed by atoms with Gasteiger partial charge in [0.1, 0.15) is 11.5 Å². The maximum absolute atomic E-state index is 12.0. The molecular weight excluding hydrogens is 328 g/mol. The Hall–Kier alpha value is -2.44.